The molecular weight excluding hydrogens is 370 g/mol. The predicted molar refractivity (Wildman–Crippen MR) is 107 cm³/mol. The van der Waals surface area contributed by atoms with Crippen LogP contribution in [0.4, 0.5) is 0 Å². The van der Waals surface area contributed by atoms with Crippen molar-refractivity contribution in [2.45, 2.75) is 70.7 Å². The van der Waals surface area contributed by atoms with E-state index in [4.69, 9.17) is 4.74 Å². The van der Waals surface area contributed by atoms with Crippen LogP contribution in [0.3, 0.4) is 0 Å². The van der Waals surface area contributed by atoms with E-state index in [1.165, 1.54) is 0 Å². The minimum absolute atomic E-state index is 0.134. The van der Waals surface area contributed by atoms with Crippen LogP contribution in [-0.2, 0) is 16.1 Å². The van der Waals surface area contributed by atoms with Crippen molar-refractivity contribution in [3.63, 3.8) is 0 Å². The van der Waals surface area contributed by atoms with E-state index in [0.717, 1.165) is 37.1 Å². The molecule has 3 atom stereocenters. The molecule has 2 N–H and O–H groups in total. The van der Waals surface area contributed by atoms with Crippen LogP contribution in [0, 0.1) is 5.92 Å². The van der Waals surface area contributed by atoms with Crippen molar-refractivity contribution < 1.29 is 19.1 Å². The van der Waals surface area contributed by atoms with Crippen LogP contribution in [0.15, 0.2) is 18.2 Å². The molecule has 3 amide bonds. The Labute approximate surface area is 171 Å². The van der Waals surface area contributed by atoms with Gasteiger partial charge in [-0.15, -0.1) is 0 Å². The maximum atomic E-state index is 12.8. The van der Waals surface area contributed by atoms with Gasteiger partial charge < -0.3 is 15.0 Å². The van der Waals surface area contributed by atoms with Gasteiger partial charge in [0, 0.05) is 24.6 Å². The van der Waals surface area contributed by atoms with Crippen LogP contribution in [0.1, 0.15) is 61.9 Å². The molecule has 0 aromatic heterocycles. The van der Waals surface area contributed by atoms with Crippen LogP contribution in [-0.4, -0.2) is 47.4 Å². The van der Waals surface area contributed by atoms with Gasteiger partial charge >= 0.3 is 0 Å². The molecule has 4 rings (SSSR count). The van der Waals surface area contributed by atoms with Crippen LogP contribution in [0.2, 0.25) is 0 Å². The molecule has 2 aliphatic heterocycles. The van der Waals surface area contributed by atoms with E-state index < -0.39 is 6.04 Å². The first-order valence-electron chi connectivity index (χ1n) is 10.6. The number of ether oxygens (including phenoxy) is 1. The minimum Gasteiger partial charge on any atom is -0.489 e. The topological polar surface area (TPSA) is 87.7 Å². The van der Waals surface area contributed by atoms with E-state index in [-0.39, 0.29) is 30.2 Å². The Morgan fingerprint density at radius 3 is 2.79 bits per heavy atom. The van der Waals surface area contributed by atoms with Crippen LogP contribution >= 0.6 is 0 Å². The zero-order valence-electron chi connectivity index (χ0n) is 17.1. The number of imide groups is 1. The molecule has 0 radical (unpaired) electrons. The Balaban J connectivity index is 1.43. The standard InChI is InChI=1S/C22H29N3O4/c1-13(2)11-23-17-4-3-5-19(17)29-15-6-7-16-14(10-15)12-25(22(16)28)18-8-9-20(26)24-21(18)27/h6-7,10,13,17-19,23H,3-5,8-9,11-12H2,1-2H3,(H,24,26,27)/t17-,18?,19+/m0/s1. The SMILES string of the molecule is CC(C)CN[C@H]1CCC[C@H]1Oc1ccc2c(c1)CN(C1CCC(=O)NC1=O)C2=O. The summed E-state index contributed by atoms with van der Waals surface area (Å²) in [5.41, 5.74) is 1.49. The summed E-state index contributed by atoms with van der Waals surface area (Å²) < 4.78 is 6.28. The molecule has 7 nitrogen and oxygen atoms in total. The Bertz CT molecular complexity index is 822. The molecule has 29 heavy (non-hydrogen) atoms. The highest BCUT2D eigenvalue weighted by Gasteiger charge is 2.39. The fraction of sp³-hybridized carbons (Fsp3) is 0.591. The normalized spacial score (nSPS) is 26.8. The van der Waals surface area contributed by atoms with Gasteiger partial charge in [0.25, 0.3) is 5.91 Å². The molecular formula is C22H29N3O4. The summed E-state index contributed by atoms with van der Waals surface area (Å²) in [4.78, 5) is 37.9. The van der Waals surface area contributed by atoms with Crippen molar-refractivity contribution in [1.29, 1.82) is 0 Å². The molecule has 1 unspecified atom stereocenters. The van der Waals surface area contributed by atoms with Crippen LogP contribution in [0.25, 0.3) is 0 Å². The van der Waals surface area contributed by atoms with Gasteiger partial charge in [0.15, 0.2) is 0 Å². The first kappa shape index (κ1) is 19.9. The number of nitrogens with one attached hydrogen (secondary N) is 2. The Morgan fingerprint density at radius 1 is 1.21 bits per heavy atom. The van der Waals surface area contributed by atoms with Gasteiger partial charge in [-0.05, 0) is 61.9 Å². The number of hydrogen-bond donors (Lipinski definition) is 2. The van der Waals surface area contributed by atoms with Gasteiger partial charge in [-0.1, -0.05) is 13.8 Å². The first-order chi connectivity index (χ1) is 13.9. The Morgan fingerprint density at radius 2 is 2.03 bits per heavy atom. The summed E-state index contributed by atoms with van der Waals surface area (Å²) in [5, 5.41) is 5.94. The summed E-state index contributed by atoms with van der Waals surface area (Å²) >= 11 is 0. The van der Waals surface area contributed by atoms with Gasteiger partial charge in [0.2, 0.25) is 11.8 Å². The van der Waals surface area contributed by atoms with Crippen molar-refractivity contribution in [3.8, 4) is 5.75 Å². The number of carbonyl (C=O) groups excluding carboxylic acids is 3. The molecule has 1 aromatic rings. The molecule has 3 aliphatic rings. The summed E-state index contributed by atoms with van der Waals surface area (Å²) in [6.07, 6.45) is 4.05. The second-order valence-electron chi connectivity index (χ2n) is 8.71. The average molecular weight is 399 g/mol. The van der Waals surface area contributed by atoms with Crippen molar-refractivity contribution in [1.82, 2.24) is 15.5 Å². The Hall–Kier alpha value is -2.41. The molecule has 1 aliphatic carbocycles. The number of hydrogen-bond acceptors (Lipinski definition) is 5. The highest BCUT2D eigenvalue weighted by atomic mass is 16.5. The lowest BCUT2D eigenvalue weighted by Gasteiger charge is -2.29. The minimum atomic E-state index is -0.587. The van der Waals surface area contributed by atoms with Crippen LogP contribution in [0.5, 0.6) is 5.75 Å². The molecule has 0 bridgehead atoms. The molecule has 0 spiro atoms. The van der Waals surface area contributed by atoms with E-state index in [2.05, 4.69) is 24.5 Å². The van der Waals surface area contributed by atoms with Crippen molar-refractivity contribution in [2.75, 3.05) is 6.54 Å². The fourth-order valence-corrected chi connectivity index (χ4v) is 4.49. The molecule has 1 saturated carbocycles. The zero-order chi connectivity index (χ0) is 20.5. The summed E-state index contributed by atoms with van der Waals surface area (Å²) in [6, 6.07) is 5.34. The number of piperidine rings is 1. The van der Waals surface area contributed by atoms with E-state index in [1.54, 1.807) is 11.0 Å². The van der Waals surface area contributed by atoms with Gasteiger partial charge in [0.05, 0.1) is 0 Å². The third kappa shape index (κ3) is 4.15. The molecule has 156 valence electrons. The smallest absolute Gasteiger partial charge is 0.255 e. The van der Waals surface area contributed by atoms with Crippen LogP contribution < -0.4 is 15.4 Å². The lowest BCUT2D eigenvalue weighted by molar-refractivity contribution is -0.136. The molecule has 7 heteroatoms. The summed E-state index contributed by atoms with van der Waals surface area (Å²) in [7, 11) is 0. The first-order valence-corrected chi connectivity index (χ1v) is 10.6. The number of fused-ring (bicyclic) bond motifs is 1. The summed E-state index contributed by atoms with van der Waals surface area (Å²) in [6.45, 7) is 5.74. The number of benzene rings is 1. The zero-order valence-corrected chi connectivity index (χ0v) is 17.1. The predicted octanol–water partition coefficient (Wildman–Crippen LogP) is 1.99. The molecule has 1 saturated heterocycles. The maximum Gasteiger partial charge on any atom is 0.255 e. The lowest BCUT2D eigenvalue weighted by Crippen LogP contribution is -2.52. The second-order valence-corrected chi connectivity index (χ2v) is 8.71. The maximum absolute atomic E-state index is 12.8. The lowest BCUT2D eigenvalue weighted by atomic mass is 10.0. The quantitative estimate of drug-likeness (QED) is 0.715. The van der Waals surface area contributed by atoms with E-state index in [9.17, 15) is 14.4 Å². The molecule has 1 aromatic carbocycles. The second kappa shape index (κ2) is 8.14. The summed E-state index contributed by atoms with van der Waals surface area (Å²) in [5.74, 6) is 0.552. The fourth-order valence-electron chi connectivity index (χ4n) is 4.49. The third-order valence-corrected chi connectivity index (χ3v) is 6.02. The van der Waals surface area contributed by atoms with Gasteiger partial charge in [0.1, 0.15) is 17.9 Å². The largest absolute Gasteiger partial charge is 0.489 e. The molecule has 2 fully saturated rings. The number of carbonyl (C=O) groups is 3. The highest BCUT2D eigenvalue weighted by molar-refractivity contribution is 6.05. The number of rotatable bonds is 6. The third-order valence-electron chi connectivity index (χ3n) is 6.02. The Kier molecular flexibility index (Phi) is 5.58. The monoisotopic (exact) mass is 399 g/mol. The number of nitrogens with zero attached hydrogens (tertiary/aromatic N) is 1. The number of amides is 3. The van der Waals surface area contributed by atoms with Gasteiger partial charge in [-0.25, -0.2) is 0 Å². The van der Waals surface area contributed by atoms with Crippen molar-refractivity contribution in [3.05, 3.63) is 29.3 Å². The van der Waals surface area contributed by atoms with E-state index in [0.29, 0.717) is 30.5 Å². The molecule has 2 heterocycles. The van der Waals surface area contributed by atoms with Crippen molar-refractivity contribution in [2.24, 2.45) is 5.92 Å². The van der Waals surface area contributed by atoms with Gasteiger partial charge in [-0.2, -0.15) is 0 Å². The average Bonchev–Trinajstić information content (AvgIpc) is 3.24. The van der Waals surface area contributed by atoms with E-state index in [1.807, 2.05) is 12.1 Å². The highest BCUT2D eigenvalue weighted by Crippen LogP contribution is 2.32. The van der Waals surface area contributed by atoms with Crippen molar-refractivity contribution >= 4 is 17.7 Å². The van der Waals surface area contributed by atoms with Gasteiger partial charge in [-0.3, -0.25) is 19.7 Å². The van der Waals surface area contributed by atoms with E-state index >= 15 is 0 Å².